The Morgan fingerprint density at radius 1 is 1.04 bits per heavy atom. The van der Waals surface area contributed by atoms with E-state index in [1.165, 1.54) is 4.90 Å². The van der Waals surface area contributed by atoms with Crippen molar-refractivity contribution in [2.24, 2.45) is 0 Å². The van der Waals surface area contributed by atoms with Gasteiger partial charge in [-0.2, -0.15) is 0 Å². The van der Waals surface area contributed by atoms with Crippen LogP contribution in [0, 0.1) is 0 Å². The number of amides is 3. The molecule has 0 atom stereocenters. The summed E-state index contributed by atoms with van der Waals surface area (Å²) >= 11 is 0. The normalized spacial score (nSPS) is 12.5. The van der Waals surface area contributed by atoms with Crippen LogP contribution in [0.4, 0.5) is 5.69 Å². The Hall–Kier alpha value is -3.61. The number of anilines is 1. The van der Waals surface area contributed by atoms with Crippen LogP contribution < -0.4 is 15.4 Å². The first-order valence-corrected chi connectivity index (χ1v) is 8.89. The van der Waals surface area contributed by atoms with E-state index in [-0.39, 0.29) is 30.9 Å². The molecule has 0 bridgehead atoms. The first kappa shape index (κ1) is 19.2. The van der Waals surface area contributed by atoms with Gasteiger partial charge in [-0.3, -0.25) is 19.3 Å². The lowest BCUT2D eigenvalue weighted by Crippen LogP contribution is -2.32. The van der Waals surface area contributed by atoms with Crippen molar-refractivity contribution in [3.8, 4) is 5.75 Å². The number of benzene rings is 2. The molecule has 2 aromatic carbocycles. The predicted molar refractivity (Wildman–Crippen MR) is 106 cm³/mol. The highest BCUT2D eigenvalue weighted by Crippen LogP contribution is 2.30. The second-order valence-corrected chi connectivity index (χ2v) is 6.20. The zero-order valence-electron chi connectivity index (χ0n) is 15.5. The zero-order valence-corrected chi connectivity index (χ0v) is 15.5. The Bertz CT molecular complexity index is 887. The minimum absolute atomic E-state index is 0.0702. The lowest BCUT2D eigenvalue weighted by Gasteiger charge is -2.17. The maximum atomic E-state index is 12.4. The van der Waals surface area contributed by atoms with Gasteiger partial charge in [-0.25, -0.2) is 0 Å². The Balaban J connectivity index is 1.55. The molecule has 0 aliphatic carbocycles. The van der Waals surface area contributed by atoms with E-state index >= 15 is 0 Å². The molecule has 28 heavy (non-hydrogen) atoms. The lowest BCUT2D eigenvalue weighted by atomic mass is 10.1. The first-order chi connectivity index (χ1) is 13.5. The van der Waals surface area contributed by atoms with Crippen molar-refractivity contribution < 1.29 is 19.1 Å². The topological polar surface area (TPSA) is 87.7 Å². The number of hydrogen-bond donors (Lipinski definition) is 2. The van der Waals surface area contributed by atoms with Crippen molar-refractivity contribution in [2.45, 2.75) is 6.92 Å². The molecule has 0 unspecified atom stereocenters. The largest absolute Gasteiger partial charge is 0.484 e. The number of carbonyl (C=O) groups is 3. The van der Waals surface area contributed by atoms with Gasteiger partial charge in [0.25, 0.3) is 11.8 Å². The Kier molecular flexibility index (Phi) is 5.74. The molecular weight excluding hydrogens is 358 g/mol. The third-order valence-electron chi connectivity index (χ3n) is 4.22. The summed E-state index contributed by atoms with van der Waals surface area (Å²) < 4.78 is 5.36. The summed E-state index contributed by atoms with van der Waals surface area (Å²) in [6.07, 6.45) is 0. The average molecular weight is 379 g/mol. The molecule has 0 saturated carbocycles. The van der Waals surface area contributed by atoms with Gasteiger partial charge in [0.05, 0.1) is 0 Å². The van der Waals surface area contributed by atoms with E-state index in [2.05, 4.69) is 17.2 Å². The average Bonchev–Trinajstić information content (AvgIpc) is 2.93. The van der Waals surface area contributed by atoms with E-state index < -0.39 is 0 Å². The molecule has 2 aromatic rings. The fourth-order valence-electron chi connectivity index (χ4n) is 2.88. The summed E-state index contributed by atoms with van der Waals surface area (Å²) in [5.41, 5.74) is 2.37. The molecule has 2 N–H and O–H groups in total. The van der Waals surface area contributed by atoms with E-state index in [1.807, 2.05) is 19.1 Å². The highest BCUT2D eigenvalue weighted by atomic mass is 16.5. The second-order valence-electron chi connectivity index (χ2n) is 6.20. The molecule has 144 valence electrons. The van der Waals surface area contributed by atoms with Gasteiger partial charge in [0.1, 0.15) is 12.3 Å². The standard InChI is InChI=1S/C21H21N3O4/c1-3-22-20(26)13-28-16-10-8-15(9-11-16)23-19(25)12-24-14(2)17-6-4-5-7-18(17)21(24)27/h4-11H,2-3,12-13H2,1H3,(H,22,26)(H,23,25). The molecule has 0 spiro atoms. The molecule has 0 radical (unpaired) electrons. The summed E-state index contributed by atoms with van der Waals surface area (Å²) in [4.78, 5) is 37.6. The molecule has 1 aliphatic rings. The second kappa shape index (κ2) is 8.39. The zero-order chi connectivity index (χ0) is 20.1. The van der Waals surface area contributed by atoms with Crippen molar-refractivity contribution in [3.63, 3.8) is 0 Å². The third kappa shape index (κ3) is 4.20. The van der Waals surface area contributed by atoms with Gasteiger partial charge < -0.3 is 15.4 Å². The smallest absolute Gasteiger partial charge is 0.259 e. The Labute approximate surface area is 163 Å². The molecule has 7 nitrogen and oxygen atoms in total. The van der Waals surface area contributed by atoms with Gasteiger partial charge in [-0.15, -0.1) is 0 Å². The van der Waals surface area contributed by atoms with Crippen LogP contribution in [0.5, 0.6) is 5.75 Å². The predicted octanol–water partition coefficient (Wildman–Crippen LogP) is 2.27. The number of nitrogens with zero attached hydrogens (tertiary/aromatic N) is 1. The van der Waals surface area contributed by atoms with E-state index in [0.717, 1.165) is 5.56 Å². The molecule has 0 saturated heterocycles. The van der Waals surface area contributed by atoms with Crippen LogP contribution in [0.1, 0.15) is 22.8 Å². The minimum Gasteiger partial charge on any atom is -0.484 e. The van der Waals surface area contributed by atoms with Gasteiger partial charge in [0.2, 0.25) is 5.91 Å². The highest BCUT2D eigenvalue weighted by molar-refractivity contribution is 6.11. The number of rotatable bonds is 7. The van der Waals surface area contributed by atoms with Crippen LogP contribution in [-0.2, 0) is 9.59 Å². The Morgan fingerprint density at radius 2 is 1.71 bits per heavy atom. The fraction of sp³-hybridized carbons (Fsp3) is 0.190. The summed E-state index contributed by atoms with van der Waals surface area (Å²) in [7, 11) is 0. The van der Waals surface area contributed by atoms with E-state index in [0.29, 0.717) is 29.2 Å². The number of carbonyl (C=O) groups excluding carboxylic acids is 3. The molecule has 1 heterocycles. The van der Waals surface area contributed by atoms with Crippen LogP contribution in [0.15, 0.2) is 55.1 Å². The van der Waals surface area contributed by atoms with Gasteiger partial charge in [-0.1, -0.05) is 24.8 Å². The van der Waals surface area contributed by atoms with Crippen molar-refractivity contribution in [2.75, 3.05) is 25.0 Å². The third-order valence-corrected chi connectivity index (χ3v) is 4.22. The van der Waals surface area contributed by atoms with Crippen molar-refractivity contribution >= 4 is 29.1 Å². The summed E-state index contributed by atoms with van der Waals surface area (Å²) in [6, 6.07) is 13.8. The number of likely N-dealkylation sites (N-methyl/N-ethyl adjacent to an activating group) is 1. The van der Waals surface area contributed by atoms with E-state index in [9.17, 15) is 14.4 Å². The first-order valence-electron chi connectivity index (χ1n) is 8.89. The van der Waals surface area contributed by atoms with Crippen LogP contribution in [-0.4, -0.2) is 42.3 Å². The minimum atomic E-state index is -0.335. The maximum absolute atomic E-state index is 12.4. The van der Waals surface area contributed by atoms with Crippen molar-refractivity contribution in [3.05, 3.63) is 66.2 Å². The van der Waals surface area contributed by atoms with Crippen molar-refractivity contribution in [1.29, 1.82) is 0 Å². The van der Waals surface area contributed by atoms with Gasteiger partial charge >= 0.3 is 0 Å². The maximum Gasteiger partial charge on any atom is 0.259 e. The van der Waals surface area contributed by atoms with Crippen LogP contribution in [0.3, 0.4) is 0 Å². The quantitative estimate of drug-likeness (QED) is 0.773. The summed E-state index contributed by atoms with van der Waals surface area (Å²) in [6.45, 7) is 6.11. The lowest BCUT2D eigenvalue weighted by molar-refractivity contribution is -0.123. The molecule has 1 aliphatic heterocycles. The number of fused-ring (bicyclic) bond motifs is 1. The highest BCUT2D eigenvalue weighted by Gasteiger charge is 2.31. The van der Waals surface area contributed by atoms with Crippen LogP contribution in [0.2, 0.25) is 0 Å². The van der Waals surface area contributed by atoms with Gasteiger partial charge in [0.15, 0.2) is 6.61 Å². The molecule has 0 aromatic heterocycles. The van der Waals surface area contributed by atoms with Gasteiger partial charge in [0, 0.05) is 29.1 Å². The van der Waals surface area contributed by atoms with E-state index in [1.54, 1.807) is 36.4 Å². The number of nitrogens with one attached hydrogen (secondary N) is 2. The monoisotopic (exact) mass is 379 g/mol. The molecule has 3 rings (SSSR count). The summed E-state index contributed by atoms with van der Waals surface area (Å²) in [5, 5.41) is 5.38. The Morgan fingerprint density at radius 3 is 2.36 bits per heavy atom. The SMILES string of the molecule is C=C1c2ccccc2C(=O)N1CC(=O)Nc1ccc(OCC(=O)NCC)cc1. The summed E-state index contributed by atoms with van der Waals surface area (Å²) in [5.74, 6) is -0.248. The van der Waals surface area contributed by atoms with Gasteiger partial charge in [-0.05, 0) is 37.3 Å². The fourth-order valence-corrected chi connectivity index (χ4v) is 2.88. The molecule has 3 amide bonds. The van der Waals surface area contributed by atoms with Crippen LogP contribution in [0.25, 0.3) is 5.70 Å². The van der Waals surface area contributed by atoms with E-state index in [4.69, 9.17) is 4.74 Å². The molecule has 0 fully saturated rings. The number of hydrogen-bond acceptors (Lipinski definition) is 4. The van der Waals surface area contributed by atoms with Crippen molar-refractivity contribution in [1.82, 2.24) is 10.2 Å². The number of ether oxygens (including phenoxy) is 1. The molecule has 7 heteroatoms. The molecular formula is C21H21N3O4. The van der Waals surface area contributed by atoms with Crippen LogP contribution >= 0.6 is 0 Å².